The van der Waals surface area contributed by atoms with Crippen LogP contribution in [0.15, 0.2) is 39.1 Å². The lowest BCUT2D eigenvalue weighted by atomic mass is 10.1. The minimum Gasteiger partial charge on any atom is -0.317 e. The molecule has 1 aromatic heterocycles. The van der Waals surface area contributed by atoms with E-state index < -0.39 is 0 Å². The number of fused-ring (bicyclic) bond motifs is 2. The van der Waals surface area contributed by atoms with Crippen LogP contribution in [-0.4, -0.2) is 29.4 Å². The van der Waals surface area contributed by atoms with Crippen molar-refractivity contribution < 1.29 is 0 Å². The topological polar surface area (TPSA) is 15.6 Å². The Balaban J connectivity index is 1.85. The molecule has 22 heavy (non-hydrogen) atoms. The normalized spacial score (nSPS) is 17.8. The van der Waals surface area contributed by atoms with Crippen molar-refractivity contribution >= 4 is 55.8 Å². The van der Waals surface area contributed by atoms with Gasteiger partial charge in [0.15, 0.2) is 5.17 Å². The quantitative estimate of drug-likeness (QED) is 0.695. The minimum absolute atomic E-state index is 0.542. The summed E-state index contributed by atoms with van der Waals surface area (Å²) in [5, 5.41) is 2.55. The van der Waals surface area contributed by atoms with Crippen LogP contribution in [0.1, 0.15) is 18.7 Å². The number of amidine groups is 1. The molecule has 0 saturated heterocycles. The average Bonchev–Trinajstić information content (AvgIpc) is 3.18. The fourth-order valence-corrected chi connectivity index (χ4v) is 5.85. The van der Waals surface area contributed by atoms with Crippen molar-refractivity contribution in [2.24, 2.45) is 10.9 Å². The molecule has 2 aliphatic rings. The van der Waals surface area contributed by atoms with E-state index in [0.29, 0.717) is 5.92 Å². The molecule has 0 aliphatic carbocycles. The first-order valence-corrected chi connectivity index (χ1v) is 10.3. The monoisotopic (exact) mass is 346 g/mol. The Kier molecular flexibility index (Phi) is 3.75. The third-order valence-corrected chi connectivity index (χ3v) is 7.24. The molecule has 0 unspecified atom stereocenters. The maximum atomic E-state index is 4.65. The van der Waals surface area contributed by atoms with Crippen molar-refractivity contribution in [3.63, 3.8) is 0 Å². The Hall–Kier alpha value is -0.910. The Morgan fingerprint density at radius 3 is 2.91 bits per heavy atom. The van der Waals surface area contributed by atoms with E-state index in [1.165, 1.54) is 35.6 Å². The second kappa shape index (κ2) is 5.62. The molecule has 0 radical (unpaired) electrons. The van der Waals surface area contributed by atoms with E-state index in [4.69, 9.17) is 0 Å². The maximum Gasteiger partial charge on any atom is 0.168 e. The van der Waals surface area contributed by atoms with Gasteiger partial charge in [0, 0.05) is 21.0 Å². The van der Waals surface area contributed by atoms with Crippen molar-refractivity contribution in [3.05, 3.63) is 34.0 Å². The molecule has 3 heterocycles. The summed E-state index contributed by atoms with van der Waals surface area (Å²) in [7, 11) is 0. The summed E-state index contributed by atoms with van der Waals surface area (Å²) in [4.78, 5) is 11.3. The smallest absolute Gasteiger partial charge is 0.168 e. The maximum absolute atomic E-state index is 4.65. The number of benzene rings is 1. The van der Waals surface area contributed by atoms with E-state index in [1.54, 1.807) is 0 Å². The molecule has 0 atom stereocenters. The largest absolute Gasteiger partial charge is 0.317 e. The second-order valence-corrected chi connectivity index (χ2v) is 8.77. The molecule has 2 aromatic rings. The average molecular weight is 347 g/mol. The highest BCUT2D eigenvalue weighted by Gasteiger charge is 2.34. The summed E-state index contributed by atoms with van der Waals surface area (Å²) >= 11 is 5.59. The van der Waals surface area contributed by atoms with Gasteiger partial charge in [-0.15, -0.1) is 23.1 Å². The number of hydrogen-bond acceptors (Lipinski definition) is 5. The van der Waals surface area contributed by atoms with E-state index in [0.717, 1.165) is 13.1 Å². The zero-order chi connectivity index (χ0) is 15.3. The van der Waals surface area contributed by atoms with Crippen LogP contribution in [0.5, 0.6) is 0 Å². The van der Waals surface area contributed by atoms with Gasteiger partial charge in [0.1, 0.15) is 0 Å². The Labute approximate surface area is 143 Å². The molecule has 2 aliphatic heterocycles. The van der Waals surface area contributed by atoms with E-state index in [-0.39, 0.29) is 0 Å². The summed E-state index contributed by atoms with van der Waals surface area (Å²) in [6.45, 7) is 6.52. The predicted molar refractivity (Wildman–Crippen MR) is 102 cm³/mol. The third-order valence-electron chi connectivity index (χ3n) is 3.99. The van der Waals surface area contributed by atoms with Gasteiger partial charge in [-0.3, -0.25) is 4.99 Å². The van der Waals surface area contributed by atoms with Gasteiger partial charge in [0.25, 0.3) is 0 Å². The first-order chi connectivity index (χ1) is 10.7. The van der Waals surface area contributed by atoms with Crippen molar-refractivity contribution in [1.82, 2.24) is 4.90 Å². The number of aliphatic imine (C=N–C) groups is 1. The van der Waals surface area contributed by atoms with Crippen LogP contribution in [0.4, 0.5) is 0 Å². The lowest BCUT2D eigenvalue weighted by Gasteiger charge is -2.16. The number of hydrogen-bond donors (Lipinski definition) is 0. The number of allylic oxidation sites excluding steroid dienone is 1. The van der Waals surface area contributed by atoms with Crippen molar-refractivity contribution in [2.75, 3.05) is 19.3 Å². The molecule has 0 fully saturated rings. The summed E-state index contributed by atoms with van der Waals surface area (Å²) in [5.41, 5.74) is 1.41. The first-order valence-electron chi connectivity index (χ1n) is 7.49. The van der Waals surface area contributed by atoms with Crippen molar-refractivity contribution in [3.8, 4) is 0 Å². The van der Waals surface area contributed by atoms with Crippen LogP contribution >= 0.6 is 34.9 Å². The Morgan fingerprint density at radius 1 is 1.27 bits per heavy atom. The lowest BCUT2D eigenvalue weighted by molar-refractivity contribution is 0.642. The van der Waals surface area contributed by atoms with Crippen LogP contribution < -0.4 is 0 Å². The molecule has 1 aromatic carbocycles. The van der Waals surface area contributed by atoms with Gasteiger partial charge in [-0.25, -0.2) is 0 Å². The van der Waals surface area contributed by atoms with E-state index in [2.05, 4.69) is 54.3 Å². The zero-order valence-electron chi connectivity index (χ0n) is 12.9. The van der Waals surface area contributed by atoms with Crippen LogP contribution in [0.25, 0.3) is 15.8 Å². The van der Waals surface area contributed by atoms with Crippen LogP contribution in [0.2, 0.25) is 0 Å². The molecule has 0 amide bonds. The predicted octanol–water partition coefficient (Wildman–Crippen LogP) is 5.37. The Morgan fingerprint density at radius 2 is 2.14 bits per heavy atom. The first kappa shape index (κ1) is 14.7. The molecule has 114 valence electrons. The fourth-order valence-electron chi connectivity index (χ4n) is 2.90. The van der Waals surface area contributed by atoms with Gasteiger partial charge in [-0.1, -0.05) is 31.7 Å². The lowest BCUT2D eigenvalue weighted by Crippen LogP contribution is -2.19. The summed E-state index contributed by atoms with van der Waals surface area (Å²) in [6.07, 6.45) is 2.13. The van der Waals surface area contributed by atoms with Gasteiger partial charge in [-0.2, -0.15) is 0 Å². The van der Waals surface area contributed by atoms with Crippen LogP contribution in [0, 0.1) is 5.92 Å². The van der Waals surface area contributed by atoms with Gasteiger partial charge in [-0.05, 0) is 35.8 Å². The molecule has 4 rings (SSSR count). The van der Waals surface area contributed by atoms with Crippen LogP contribution in [0.3, 0.4) is 0 Å². The summed E-state index contributed by atoms with van der Waals surface area (Å²) < 4.78 is 1.38. The molecular weight excluding hydrogens is 328 g/mol. The van der Waals surface area contributed by atoms with Gasteiger partial charge in [0.2, 0.25) is 0 Å². The molecule has 0 N–H and O–H groups in total. The van der Waals surface area contributed by atoms with E-state index >= 15 is 0 Å². The molecule has 0 saturated carbocycles. The number of thiophene rings is 1. The van der Waals surface area contributed by atoms with Crippen molar-refractivity contribution in [1.29, 1.82) is 0 Å². The van der Waals surface area contributed by atoms with Crippen LogP contribution in [-0.2, 0) is 0 Å². The van der Waals surface area contributed by atoms with Crippen molar-refractivity contribution in [2.45, 2.75) is 18.7 Å². The van der Waals surface area contributed by atoms with Gasteiger partial charge in [0.05, 0.1) is 17.1 Å². The number of rotatable bonds is 3. The molecule has 0 spiro atoms. The molecule has 2 nitrogen and oxygen atoms in total. The number of nitrogens with zero attached hydrogens (tertiary/aromatic N) is 2. The van der Waals surface area contributed by atoms with Gasteiger partial charge < -0.3 is 4.90 Å². The minimum atomic E-state index is 0.542. The summed E-state index contributed by atoms with van der Waals surface area (Å²) in [6, 6.07) is 9.12. The number of thioether (sulfide) groups is 2. The second-order valence-electron chi connectivity index (χ2n) is 5.80. The summed E-state index contributed by atoms with van der Waals surface area (Å²) in [5.74, 6) is 0.542. The zero-order valence-corrected chi connectivity index (χ0v) is 15.4. The highest BCUT2D eigenvalue weighted by Crippen LogP contribution is 2.47. The van der Waals surface area contributed by atoms with E-state index in [9.17, 15) is 0 Å². The highest BCUT2D eigenvalue weighted by molar-refractivity contribution is 8.17. The standard InChI is InChI=1S/C17H18N2S3/c1-10(2)16-15(19-7-6-18-17(19)22-16)14-8-11-4-5-12(20-3)9-13(11)21-14/h4-5,8-10H,6-7H2,1-3H3. The fraction of sp³-hybridized carbons (Fsp3) is 0.353. The Bertz CT molecular complexity index is 801. The van der Waals surface area contributed by atoms with E-state index in [1.807, 2.05) is 34.9 Å². The SMILES string of the molecule is CSc1ccc2cc(C3=C(C(C)C)SC4=NCCN43)sc2c1. The highest BCUT2D eigenvalue weighted by atomic mass is 32.2. The third kappa shape index (κ3) is 2.30. The van der Waals surface area contributed by atoms with Gasteiger partial charge >= 0.3 is 0 Å². The molecule has 5 heteroatoms. The molecule has 0 bridgehead atoms. The molecular formula is C17H18N2S3.